The van der Waals surface area contributed by atoms with Crippen molar-refractivity contribution < 1.29 is 5.11 Å². The highest BCUT2D eigenvalue weighted by Gasteiger charge is 2.27. The minimum absolute atomic E-state index is 0.436. The summed E-state index contributed by atoms with van der Waals surface area (Å²) in [4.78, 5) is 0. The van der Waals surface area contributed by atoms with E-state index in [9.17, 15) is 5.11 Å². The number of benzene rings is 1. The van der Waals surface area contributed by atoms with Gasteiger partial charge in [0.15, 0.2) is 0 Å². The zero-order chi connectivity index (χ0) is 15.1. The van der Waals surface area contributed by atoms with Crippen LogP contribution in [0.4, 0.5) is 0 Å². The van der Waals surface area contributed by atoms with E-state index < -0.39 is 5.60 Å². The molecule has 1 aromatic carbocycles. The third-order valence-electron chi connectivity index (χ3n) is 3.90. The van der Waals surface area contributed by atoms with Crippen LogP contribution in [0.3, 0.4) is 0 Å². The van der Waals surface area contributed by atoms with Crippen LogP contribution in [0.15, 0.2) is 18.2 Å². The monoisotopic (exact) mass is 292 g/mol. The molecule has 0 amide bonds. The van der Waals surface area contributed by atoms with E-state index in [4.69, 9.17) is 11.6 Å². The van der Waals surface area contributed by atoms with E-state index in [0.29, 0.717) is 11.4 Å². The van der Waals surface area contributed by atoms with Crippen molar-refractivity contribution in [2.75, 3.05) is 0 Å². The molecular weight excluding hydrogens is 272 g/mol. The van der Waals surface area contributed by atoms with Crippen molar-refractivity contribution in [3.8, 4) is 0 Å². The topological polar surface area (TPSA) is 38.1 Å². The maximum absolute atomic E-state index is 10.8. The quantitative estimate of drug-likeness (QED) is 0.941. The third-order valence-corrected chi connectivity index (χ3v) is 4.39. The lowest BCUT2D eigenvalue weighted by atomic mass is 9.89. The van der Waals surface area contributed by atoms with Crippen molar-refractivity contribution in [1.29, 1.82) is 0 Å². The lowest BCUT2D eigenvalue weighted by Gasteiger charge is -2.25. The average molecular weight is 293 g/mol. The molecule has 1 atom stereocenters. The first kappa shape index (κ1) is 15.1. The summed E-state index contributed by atoms with van der Waals surface area (Å²) in [6.45, 7) is 7.80. The lowest BCUT2D eigenvalue weighted by Crippen LogP contribution is -2.26. The zero-order valence-corrected chi connectivity index (χ0v) is 13.4. The van der Waals surface area contributed by atoms with Crippen LogP contribution in [-0.2, 0) is 19.1 Å². The molecule has 3 nitrogen and oxygen atoms in total. The van der Waals surface area contributed by atoms with E-state index in [2.05, 4.69) is 18.9 Å². The van der Waals surface area contributed by atoms with Gasteiger partial charge in [0.05, 0.1) is 22.0 Å². The van der Waals surface area contributed by atoms with Gasteiger partial charge in [-0.1, -0.05) is 29.8 Å². The predicted molar refractivity (Wildman–Crippen MR) is 82.1 cm³/mol. The average Bonchev–Trinajstić information content (AvgIpc) is 2.59. The summed E-state index contributed by atoms with van der Waals surface area (Å²) in [6.07, 6.45) is 0.436. The molecule has 0 saturated heterocycles. The van der Waals surface area contributed by atoms with Crippen LogP contribution in [0.2, 0.25) is 5.02 Å². The number of nitrogens with zero attached hydrogens (tertiary/aromatic N) is 2. The van der Waals surface area contributed by atoms with Gasteiger partial charge in [0.25, 0.3) is 0 Å². The second kappa shape index (κ2) is 5.23. The Bertz CT molecular complexity index is 644. The summed E-state index contributed by atoms with van der Waals surface area (Å²) in [6, 6.07) is 6.04. The second-order valence-electron chi connectivity index (χ2n) is 5.72. The Morgan fingerprint density at radius 2 is 1.90 bits per heavy atom. The maximum Gasteiger partial charge on any atom is 0.0924 e. The molecule has 1 N–H and O–H groups in total. The van der Waals surface area contributed by atoms with E-state index in [1.807, 2.05) is 39.1 Å². The number of halogens is 1. The number of aryl methyl sites for hydroxylation is 4. The molecule has 0 aliphatic carbocycles. The van der Waals surface area contributed by atoms with Gasteiger partial charge in [-0.2, -0.15) is 5.10 Å². The molecule has 0 bridgehead atoms. The Balaban J connectivity index is 2.37. The molecule has 2 rings (SSSR count). The Morgan fingerprint density at radius 1 is 1.25 bits per heavy atom. The largest absolute Gasteiger partial charge is 0.385 e. The van der Waals surface area contributed by atoms with Crippen LogP contribution >= 0.6 is 11.6 Å². The fourth-order valence-corrected chi connectivity index (χ4v) is 2.60. The van der Waals surface area contributed by atoms with Crippen LogP contribution in [0.25, 0.3) is 0 Å². The molecule has 0 fully saturated rings. The highest BCUT2D eigenvalue weighted by atomic mass is 35.5. The second-order valence-corrected chi connectivity index (χ2v) is 6.10. The summed E-state index contributed by atoms with van der Waals surface area (Å²) < 4.78 is 1.74. The molecule has 108 valence electrons. The van der Waals surface area contributed by atoms with Gasteiger partial charge in [-0.3, -0.25) is 4.68 Å². The van der Waals surface area contributed by atoms with Crippen molar-refractivity contribution in [1.82, 2.24) is 9.78 Å². The van der Waals surface area contributed by atoms with Gasteiger partial charge in [0, 0.05) is 13.5 Å². The molecule has 1 unspecified atom stereocenters. The van der Waals surface area contributed by atoms with Crippen LogP contribution in [0.1, 0.15) is 35.0 Å². The minimum atomic E-state index is -0.970. The molecule has 0 spiro atoms. The van der Waals surface area contributed by atoms with Crippen LogP contribution in [0.5, 0.6) is 0 Å². The van der Waals surface area contributed by atoms with Crippen LogP contribution < -0.4 is 0 Å². The smallest absolute Gasteiger partial charge is 0.0924 e. The minimum Gasteiger partial charge on any atom is -0.385 e. The lowest BCUT2D eigenvalue weighted by molar-refractivity contribution is 0.0555. The zero-order valence-electron chi connectivity index (χ0n) is 12.7. The van der Waals surface area contributed by atoms with E-state index in [1.54, 1.807) is 4.68 Å². The van der Waals surface area contributed by atoms with E-state index in [0.717, 1.165) is 17.0 Å². The van der Waals surface area contributed by atoms with E-state index >= 15 is 0 Å². The van der Waals surface area contributed by atoms with Crippen molar-refractivity contribution in [2.45, 2.75) is 39.7 Å². The standard InChI is InChI=1S/C16H21ClN2O/c1-10-6-7-13(8-11(10)2)16(4,20)9-14-15(17)12(3)18-19(14)5/h6-8,20H,9H2,1-5H3. The molecule has 2 aromatic rings. The number of hydrogen-bond donors (Lipinski definition) is 1. The first-order chi connectivity index (χ1) is 9.22. The molecule has 1 heterocycles. The summed E-state index contributed by atoms with van der Waals surface area (Å²) >= 11 is 6.27. The third kappa shape index (κ3) is 2.74. The molecule has 1 aromatic heterocycles. The first-order valence-electron chi connectivity index (χ1n) is 6.70. The number of aromatic nitrogens is 2. The molecule has 0 aliphatic rings. The van der Waals surface area contributed by atoms with Crippen molar-refractivity contribution in [2.24, 2.45) is 7.05 Å². The number of aliphatic hydroxyl groups is 1. The van der Waals surface area contributed by atoms with Gasteiger partial charge in [-0.25, -0.2) is 0 Å². The highest BCUT2D eigenvalue weighted by Crippen LogP contribution is 2.30. The molecule has 4 heteroatoms. The normalized spacial score (nSPS) is 14.3. The summed E-state index contributed by atoms with van der Waals surface area (Å²) in [5.41, 5.74) is 3.97. The Labute approximate surface area is 125 Å². The summed E-state index contributed by atoms with van der Waals surface area (Å²) in [5, 5.41) is 15.7. The van der Waals surface area contributed by atoms with E-state index in [1.165, 1.54) is 11.1 Å². The van der Waals surface area contributed by atoms with Crippen molar-refractivity contribution >= 4 is 11.6 Å². The van der Waals surface area contributed by atoms with Crippen molar-refractivity contribution in [3.63, 3.8) is 0 Å². The number of rotatable bonds is 3. The van der Waals surface area contributed by atoms with Crippen molar-refractivity contribution in [3.05, 3.63) is 51.3 Å². The molecule has 0 radical (unpaired) electrons. The summed E-state index contributed by atoms with van der Waals surface area (Å²) in [5.74, 6) is 0. The SMILES string of the molecule is Cc1ccc(C(C)(O)Cc2c(Cl)c(C)nn2C)cc1C. The molecular formula is C16H21ClN2O. The van der Waals surface area contributed by atoms with Crippen LogP contribution in [-0.4, -0.2) is 14.9 Å². The van der Waals surface area contributed by atoms with Gasteiger partial charge in [-0.05, 0) is 44.4 Å². The van der Waals surface area contributed by atoms with Crippen LogP contribution in [0, 0.1) is 20.8 Å². The molecule has 0 aliphatic heterocycles. The maximum atomic E-state index is 10.8. The first-order valence-corrected chi connectivity index (χ1v) is 7.08. The van der Waals surface area contributed by atoms with Gasteiger partial charge in [-0.15, -0.1) is 0 Å². The van der Waals surface area contributed by atoms with Gasteiger partial charge in [0.1, 0.15) is 0 Å². The number of hydrogen-bond acceptors (Lipinski definition) is 2. The van der Waals surface area contributed by atoms with Gasteiger partial charge >= 0.3 is 0 Å². The van der Waals surface area contributed by atoms with E-state index in [-0.39, 0.29) is 0 Å². The molecule has 20 heavy (non-hydrogen) atoms. The van der Waals surface area contributed by atoms with Gasteiger partial charge < -0.3 is 5.11 Å². The summed E-state index contributed by atoms with van der Waals surface area (Å²) in [7, 11) is 1.85. The fourth-order valence-electron chi connectivity index (χ4n) is 2.38. The fraction of sp³-hybridized carbons (Fsp3) is 0.438. The Kier molecular flexibility index (Phi) is 3.94. The molecule has 0 saturated carbocycles. The van der Waals surface area contributed by atoms with Gasteiger partial charge in [0.2, 0.25) is 0 Å². The Hall–Kier alpha value is -1.32. The Morgan fingerprint density at radius 3 is 2.40 bits per heavy atom. The highest BCUT2D eigenvalue weighted by molar-refractivity contribution is 6.31. The predicted octanol–water partition coefficient (Wildman–Crippen LogP) is 3.45.